The molecule has 0 saturated carbocycles. The number of rotatable bonds is 6. The molecule has 6 nitrogen and oxygen atoms in total. The van der Waals surface area contributed by atoms with E-state index in [1.54, 1.807) is 13.8 Å². The summed E-state index contributed by atoms with van der Waals surface area (Å²) >= 11 is 0. The fraction of sp³-hybridized carbons (Fsp3) is 0.333. The van der Waals surface area contributed by atoms with Gasteiger partial charge in [-0.05, 0) is 56.5 Å². The van der Waals surface area contributed by atoms with Crippen LogP contribution < -0.4 is 9.62 Å². The number of hydrogen-bond acceptors (Lipinski definition) is 4. The number of aryl methyl sites for hydroxylation is 1. The van der Waals surface area contributed by atoms with E-state index in [2.05, 4.69) is 17.4 Å². The van der Waals surface area contributed by atoms with Crippen molar-refractivity contribution in [3.8, 4) is 0 Å². The molecule has 0 spiro atoms. The van der Waals surface area contributed by atoms with E-state index in [4.69, 9.17) is 0 Å². The first-order valence-corrected chi connectivity index (χ1v) is 10.8. The van der Waals surface area contributed by atoms with E-state index in [-0.39, 0.29) is 17.3 Å². The van der Waals surface area contributed by atoms with Crippen molar-refractivity contribution in [2.45, 2.75) is 26.7 Å². The van der Waals surface area contributed by atoms with Crippen LogP contribution in [-0.2, 0) is 21.2 Å². The topological polar surface area (TPSA) is 83.6 Å². The van der Waals surface area contributed by atoms with Gasteiger partial charge in [0.2, 0.25) is 15.9 Å². The van der Waals surface area contributed by atoms with Crippen molar-refractivity contribution >= 4 is 27.5 Å². The van der Waals surface area contributed by atoms with Crippen LogP contribution in [0.1, 0.15) is 36.2 Å². The highest BCUT2D eigenvalue weighted by Gasteiger charge is 2.49. The SMILES string of the molecule is CC1(C)CS(=O)(=O)N(c2ccc(C(=O)NCCCc3ccccc3)cc2)C1=O. The molecule has 1 heterocycles. The van der Waals surface area contributed by atoms with Crippen molar-refractivity contribution in [3.63, 3.8) is 0 Å². The summed E-state index contributed by atoms with van der Waals surface area (Å²) in [5.74, 6) is -0.899. The maximum atomic E-state index is 12.4. The molecule has 2 aromatic carbocycles. The van der Waals surface area contributed by atoms with Gasteiger partial charge in [-0.3, -0.25) is 9.59 Å². The summed E-state index contributed by atoms with van der Waals surface area (Å²) in [5, 5.41) is 2.86. The third-order valence-electron chi connectivity index (χ3n) is 4.72. The molecule has 1 aliphatic heterocycles. The van der Waals surface area contributed by atoms with E-state index in [1.807, 2.05) is 18.2 Å². The molecular formula is C21H24N2O4S. The monoisotopic (exact) mass is 400 g/mol. The number of anilines is 1. The Balaban J connectivity index is 1.59. The summed E-state index contributed by atoms with van der Waals surface area (Å²) in [6.07, 6.45) is 1.70. The van der Waals surface area contributed by atoms with E-state index in [9.17, 15) is 18.0 Å². The summed E-state index contributed by atoms with van der Waals surface area (Å²) < 4.78 is 25.5. The number of sulfonamides is 1. The number of hydrogen-bond donors (Lipinski definition) is 1. The Morgan fingerprint density at radius 3 is 2.29 bits per heavy atom. The molecular weight excluding hydrogens is 376 g/mol. The summed E-state index contributed by atoms with van der Waals surface area (Å²) in [6.45, 7) is 3.77. The van der Waals surface area contributed by atoms with Gasteiger partial charge in [-0.15, -0.1) is 0 Å². The predicted octanol–water partition coefficient (Wildman–Crippen LogP) is 2.75. The summed E-state index contributed by atoms with van der Waals surface area (Å²) in [7, 11) is -3.69. The molecule has 0 radical (unpaired) electrons. The minimum absolute atomic E-state index is 0.220. The number of nitrogens with zero attached hydrogens (tertiary/aromatic N) is 1. The van der Waals surface area contributed by atoms with Crippen molar-refractivity contribution in [1.29, 1.82) is 0 Å². The third-order valence-corrected chi connectivity index (χ3v) is 6.74. The molecule has 0 atom stereocenters. The Morgan fingerprint density at radius 2 is 1.71 bits per heavy atom. The first-order valence-electron chi connectivity index (χ1n) is 9.20. The van der Waals surface area contributed by atoms with Crippen molar-refractivity contribution in [3.05, 3.63) is 65.7 Å². The predicted molar refractivity (Wildman–Crippen MR) is 109 cm³/mol. The van der Waals surface area contributed by atoms with E-state index >= 15 is 0 Å². The smallest absolute Gasteiger partial charge is 0.251 e. The van der Waals surface area contributed by atoms with Crippen LogP contribution in [0.5, 0.6) is 0 Å². The van der Waals surface area contributed by atoms with Gasteiger partial charge in [0.15, 0.2) is 0 Å². The first kappa shape index (κ1) is 20.1. The third kappa shape index (κ3) is 4.25. The van der Waals surface area contributed by atoms with Gasteiger partial charge in [-0.1, -0.05) is 30.3 Å². The van der Waals surface area contributed by atoms with Gasteiger partial charge in [-0.2, -0.15) is 0 Å². The normalized spacial score (nSPS) is 17.5. The second kappa shape index (κ2) is 7.75. The molecule has 0 aliphatic carbocycles. The highest BCUT2D eigenvalue weighted by molar-refractivity contribution is 7.94. The van der Waals surface area contributed by atoms with Crippen LogP contribution >= 0.6 is 0 Å². The maximum Gasteiger partial charge on any atom is 0.251 e. The number of amides is 2. The van der Waals surface area contributed by atoms with Crippen LogP contribution in [-0.4, -0.2) is 32.5 Å². The van der Waals surface area contributed by atoms with E-state index in [0.29, 0.717) is 12.1 Å². The molecule has 148 valence electrons. The Kier molecular flexibility index (Phi) is 5.56. The van der Waals surface area contributed by atoms with Crippen molar-refractivity contribution in [2.24, 2.45) is 5.41 Å². The van der Waals surface area contributed by atoms with Crippen LogP contribution in [0.25, 0.3) is 0 Å². The van der Waals surface area contributed by atoms with E-state index < -0.39 is 21.3 Å². The second-order valence-electron chi connectivity index (χ2n) is 7.60. The first-order chi connectivity index (χ1) is 13.2. The summed E-state index contributed by atoms with van der Waals surface area (Å²) in [4.78, 5) is 24.7. The van der Waals surface area contributed by atoms with Gasteiger partial charge >= 0.3 is 0 Å². The average molecular weight is 401 g/mol. The fourth-order valence-corrected chi connectivity index (χ4v) is 5.36. The minimum Gasteiger partial charge on any atom is -0.352 e. The lowest BCUT2D eigenvalue weighted by Crippen LogP contribution is -2.33. The summed E-state index contributed by atoms with van der Waals surface area (Å²) in [6, 6.07) is 16.1. The van der Waals surface area contributed by atoms with Gasteiger partial charge in [0.05, 0.1) is 16.9 Å². The van der Waals surface area contributed by atoms with Gasteiger partial charge in [0, 0.05) is 12.1 Å². The summed E-state index contributed by atoms with van der Waals surface area (Å²) in [5.41, 5.74) is 0.955. The standard InChI is InChI=1S/C21H24N2O4S/c1-21(2)15-28(26,27)23(20(21)25)18-12-10-17(11-13-18)19(24)22-14-6-9-16-7-4-3-5-8-16/h3-5,7-8,10-13H,6,9,14-15H2,1-2H3,(H,22,24). The lowest BCUT2D eigenvalue weighted by molar-refractivity contribution is -0.123. The van der Waals surface area contributed by atoms with Gasteiger partial charge < -0.3 is 5.32 Å². The Morgan fingerprint density at radius 1 is 1.07 bits per heavy atom. The lowest BCUT2D eigenvalue weighted by atomic mass is 9.95. The van der Waals surface area contributed by atoms with Gasteiger partial charge in [-0.25, -0.2) is 12.7 Å². The van der Waals surface area contributed by atoms with Crippen LogP contribution in [0, 0.1) is 5.41 Å². The maximum absolute atomic E-state index is 12.4. The van der Waals surface area contributed by atoms with Crippen LogP contribution in [0.3, 0.4) is 0 Å². The molecule has 1 saturated heterocycles. The largest absolute Gasteiger partial charge is 0.352 e. The van der Waals surface area contributed by atoms with Gasteiger partial charge in [0.1, 0.15) is 0 Å². The number of carbonyl (C=O) groups excluding carboxylic acids is 2. The van der Waals surface area contributed by atoms with Crippen molar-refractivity contribution < 1.29 is 18.0 Å². The Labute approximate surface area is 165 Å². The van der Waals surface area contributed by atoms with E-state index in [1.165, 1.54) is 29.8 Å². The number of benzene rings is 2. The van der Waals surface area contributed by atoms with Crippen molar-refractivity contribution in [1.82, 2.24) is 5.32 Å². The highest BCUT2D eigenvalue weighted by atomic mass is 32.2. The average Bonchev–Trinajstić information content (AvgIpc) is 2.82. The number of carbonyl (C=O) groups is 2. The fourth-order valence-electron chi connectivity index (χ4n) is 3.25. The molecule has 1 fully saturated rings. The zero-order chi connectivity index (χ0) is 20.4. The second-order valence-corrected chi connectivity index (χ2v) is 9.42. The molecule has 2 aromatic rings. The zero-order valence-corrected chi connectivity index (χ0v) is 16.8. The molecule has 0 aromatic heterocycles. The quantitative estimate of drug-likeness (QED) is 0.756. The number of nitrogens with one attached hydrogen (secondary N) is 1. The zero-order valence-electron chi connectivity index (χ0n) is 16.0. The van der Waals surface area contributed by atoms with Crippen LogP contribution in [0.4, 0.5) is 5.69 Å². The molecule has 28 heavy (non-hydrogen) atoms. The van der Waals surface area contributed by atoms with E-state index in [0.717, 1.165) is 17.1 Å². The molecule has 2 amide bonds. The van der Waals surface area contributed by atoms with Crippen molar-refractivity contribution in [2.75, 3.05) is 16.6 Å². The van der Waals surface area contributed by atoms with Gasteiger partial charge in [0.25, 0.3) is 5.91 Å². The lowest BCUT2D eigenvalue weighted by Gasteiger charge is -2.17. The molecule has 7 heteroatoms. The minimum atomic E-state index is -3.69. The molecule has 0 unspecified atom stereocenters. The molecule has 3 rings (SSSR count). The molecule has 0 bridgehead atoms. The molecule has 1 N–H and O–H groups in total. The highest BCUT2D eigenvalue weighted by Crippen LogP contribution is 2.35. The van der Waals surface area contributed by atoms with Crippen LogP contribution in [0.15, 0.2) is 54.6 Å². The van der Waals surface area contributed by atoms with Crippen LogP contribution in [0.2, 0.25) is 0 Å². The molecule has 1 aliphatic rings. The Bertz CT molecular complexity index is 967. The Hall–Kier alpha value is -2.67.